The fourth-order valence-corrected chi connectivity index (χ4v) is 4.15. The van der Waals surface area contributed by atoms with Crippen molar-refractivity contribution in [3.63, 3.8) is 0 Å². The number of rotatable bonds is 6. The minimum Gasteiger partial charge on any atom is -0.481 e. The molecular weight excluding hydrogens is 264 g/mol. The first-order valence-electron chi connectivity index (χ1n) is 8.63. The maximum absolute atomic E-state index is 11.2. The molecule has 0 aromatic carbocycles. The van der Waals surface area contributed by atoms with Gasteiger partial charge in [-0.05, 0) is 62.9 Å². The Labute approximate surface area is 128 Å². The van der Waals surface area contributed by atoms with Crippen molar-refractivity contribution in [1.82, 2.24) is 10.2 Å². The van der Waals surface area contributed by atoms with E-state index in [4.69, 9.17) is 0 Å². The highest BCUT2D eigenvalue weighted by Crippen LogP contribution is 2.44. The molecule has 2 N–H and O–H groups in total. The maximum Gasteiger partial charge on any atom is 0.305 e. The van der Waals surface area contributed by atoms with E-state index in [2.05, 4.69) is 24.1 Å². The number of carboxylic acid groups (broad SMARTS) is 1. The van der Waals surface area contributed by atoms with Gasteiger partial charge < -0.3 is 10.4 Å². The van der Waals surface area contributed by atoms with Crippen molar-refractivity contribution < 1.29 is 9.90 Å². The summed E-state index contributed by atoms with van der Waals surface area (Å²) in [5.74, 6) is 0.231. The number of piperidine rings is 1. The molecule has 0 unspecified atom stereocenters. The van der Waals surface area contributed by atoms with Gasteiger partial charge in [-0.3, -0.25) is 9.69 Å². The summed E-state index contributed by atoms with van der Waals surface area (Å²) < 4.78 is 0. The van der Waals surface area contributed by atoms with Crippen molar-refractivity contribution in [2.45, 2.75) is 70.4 Å². The molecule has 2 aliphatic carbocycles. The second-order valence-electron chi connectivity index (χ2n) is 8.15. The van der Waals surface area contributed by atoms with Crippen LogP contribution in [-0.2, 0) is 4.79 Å². The summed E-state index contributed by atoms with van der Waals surface area (Å²) in [4.78, 5) is 13.6. The quantitative estimate of drug-likeness (QED) is 0.790. The molecule has 2 atom stereocenters. The van der Waals surface area contributed by atoms with Crippen LogP contribution in [0.3, 0.4) is 0 Å². The zero-order valence-corrected chi connectivity index (χ0v) is 13.5. The van der Waals surface area contributed by atoms with E-state index in [0.717, 1.165) is 44.4 Å². The van der Waals surface area contributed by atoms with Crippen LogP contribution in [0.25, 0.3) is 0 Å². The summed E-state index contributed by atoms with van der Waals surface area (Å²) in [6, 6.07) is 0.754. The molecule has 120 valence electrons. The van der Waals surface area contributed by atoms with Crippen molar-refractivity contribution in [3.8, 4) is 0 Å². The molecule has 0 aromatic rings. The summed E-state index contributed by atoms with van der Waals surface area (Å²) in [5, 5.41) is 12.9. The molecule has 4 heteroatoms. The summed E-state index contributed by atoms with van der Waals surface area (Å²) in [7, 11) is 0. The SMILES string of the molecule is C[C@@H]1C[C@H]1NCC1(C)CCN(C2(CC(=O)O)CCC2)CC1. The summed E-state index contributed by atoms with van der Waals surface area (Å²) in [6.07, 6.45) is 7.42. The molecule has 0 bridgehead atoms. The van der Waals surface area contributed by atoms with Gasteiger partial charge in [0.25, 0.3) is 0 Å². The molecular formula is C17H30N2O2. The number of nitrogens with one attached hydrogen (secondary N) is 1. The molecule has 21 heavy (non-hydrogen) atoms. The van der Waals surface area contributed by atoms with Crippen LogP contribution >= 0.6 is 0 Å². The predicted octanol–water partition coefficient (Wildman–Crippen LogP) is 2.48. The third-order valence-electron chi connectivity index (χ3n) is 6.31. The molecule has 3 aliphatic rings. The third kappa shape index (κ3) is 3.26. The molecule has 2 saturated carbocycles. The van der Waals surface area contributed by atoms with Gasteiger partial charge in [0.15, 0.2) is 0 Å². The first-order valence-corrected chi connectivity index (χ1v) is 8.63. The Kier molecular flexibility index (Phi) is 4.04. The number of hydrogen-bond acceptors (Lipinski definition) is 3. The molecule has 1 heterocycles. The van der Waals surface area contributed by atoms with Gasteiger partial charge in [0.05, 0.1) is 6.42 Å². The number of aliphatic carboxylic acids is 1. The number of nitrogens with zero attached hydrogens (tertiary/aromatic N) is 1. The minimum atomic E-state index is -0.632. The molecule has 0 spiro atoms. The van der Waals surface area contributed by atoms with Crippen LogP contribution in [0.4, 0.5) is 0 Å². The summed E-state index contributed by atoms with van der Waals surface area (Å²) in [5.41, 5.74) is 0.387. The summed E-state index contributed by atoms with van der Waals surface area (Å²) in [6.45, 7) is 7.99. The van der Waals surface area contributed by atoms with E-state index >= 15 is 0 Å². The van der Waals surface area contributed by atoms with E-state index < -0.39 is 5.97 Å². The monoisotopic (exact) mass is 294 g/mol. The zero-order valence-electron chi connectivity index (χ0n) is 13.5. The Morgan fingerprint density at radius 1 is 1.29 bits per heavy atom. The van der Waals surface area contributed by atoms with Gasteiger partial charge in [-0.25, -0.2) is 0 Å². The van der Waals surface area contributed by atoms with Crippen molar-refractivity contribution in [3.05, 3.63) is 0 Å². The highest BCUT2D eigenvalue weighted by atomic mass is 16.4. The first kappa shape index (κ1) is 15.3. The molecule has 0 aromatic heterocycles. The molecule has 0 radical (unpaired) electrons. The molecule has 1 saturated heterocycles. The Hall–Kier alpha value is -0.610. The van der Waals surface area contributed by atoms with Gasteiger partial charge in [0.1, 0.15) is 0 Å². The van der Waals surface area contributed by atoms with Crippen molar-refractivity contribution in [2.24, 2.45) is 11.3 Å². The van der Waals surface area contributed by atoms with E-state index in [0.29, 0.717) is 11.8 Å². The van der Waals surface area contributed by atoms with Gasteiger partial charge in [0, 0.05) is 18.1 Å². The van der Waals surface area contributed by atoms with Gasteiger partial charge >= 0.3 is 5.97 Å². The smallest absolute Gasteiger partial charge is 0.305 e. The Morgan fingerprint density at radius 3 is 2.33 bits per heavy atom. The summed E-state index contributed by atoms with van der Waals surface area (Å²) >= 11 is 0. The maximum atomic E-state index is 11.2. The topological polar surface area (TPSA) is 52.6 Å². The molecule has 0 amide bonds. The van der Waals surface area contributed by atoms with Crippen LogP contribution in [0.5, 0.6) is 0 Å². The van der Waals surface area contributed by atoms with E-state index in [1.807, 2.05) is 0 Å². The van der Waals surface area contributed by atoms with Crippen LogP contribution in [0.1, 0.15) is 58.8 Å². The van der Waals surface area contributed by atoms with Crippen LogP contribution in [0.2, 0.25) is 0 Å². The normalized spacial score (nSPS) is 34.2. The number of hydrogen-bond donors (Lipinski definition) is 2. The average Bonchev–Trinajstić information content (AvgIpc) is 3.09. The van der Waals surface area contributed by atoms with Crippen LogP contribution in [0.15, 0.2) is 0 Å². The fourth-order valence-electron chi connectivity index (χ4n) is 4.15. The predicted molar refractivity (Wildman–Crippen MR) is 83.3 cm³/mol. The molecule has 1 aliphatic heterocycles. The van der Waals surface area contributed by atoms with Gasteiger partial charge in [0.2, 0.25) is 0 Å². The zero-order chi connectivity index (χ0) is 15.1. The highest BCUT2D eigenvalue weighted by Gasteiger charge is 2.46. The second-order valence-corrected chi connectivity index (χ2v) is 8.15. The second kappa shape index (κ2) is 5.54. The number of carbonyl (C=O) groups is 1. The Morgan fingerprint density at radius 2 is 1.90 bits per heavy atom. The number of likely N-dealkylation sites (tertiary alicyclic amines) is 1. The molecule has 4 nitrogen and oxygen atoms in total. The van der Waals surface area contributed by atoms with E-state index in [9.17, 15) is 9.90 Å². The van der Waals surface area contributed by atoms with Crippen molar-refractivity contribution in [2.75, 3.05) is 19.6 Å². The third-order valence-corrected chi connectivity index (χ3v) is 6.31. The van der Waals surface area contributed by atoms with Crippen LogP contribution in [-0.4, -0.2) is 47.2 Å². The lowest BCUT2D eigenvalue weighted by atomic mass is 9.70. The van der Waals surface area contributed by atoms with E-state index in [1.54, 1.807) is 0 Å². The standard InChI is InChI=1S/C17H30N2O2/c1-13-10-14(13)18-12-16(2)6-8-19(9-7-16)17(4-3-5-17)11-15(20)21/h13-14,18H,3-12H2,1-2H3,(H,20,21)/t13-,14-/m1/s1. The molecule has 3 fully saturated rings. The van der Waals surface area contributed by atoms with E-state index in [-0.39, 0.29) is 5.54 Å². The fraction of sp³-hybridized carbons (Fsp3) is 0.941. The molecule has 3 rings (SSSR count). The Bertz CT molecular complexity index is 398. The van der Waals surface area contributed by atoms with Crippen LogP contribution < -0.4 is 5.32 Å². The van der Waals surface area contributed by atoms with Gasteiger partial charge in [-0.2, -0.15) is 0 Å². The largest absolute Gasteiger partial charge is 0.481 e. The van der Waals surface area contributed by atoms with Crippen molar-refractivity contribution >= 4 is 5.97 Å². The van der Waals surface area contributed by atoms with Crippen LogP contribution in [0, 0.1) is 11.3 Å². The lowest BCUT2D eigenvalue weighted by molar-refractivity contribution is -0.143. The van der Waals surface area contributed by atoms with E-state index in [1.165, 1.54) is 25.7 Å². The lowest BCUT2D eigenvalue weighted by Crippen LogP contribution is -2.58. The van der Waals surface area contributed by atoms with Crippen molar-refractivity contribution in [1.29, 1.82) is 0 Å². The first-order chi connectivity index (χ1) is 9.92. The average molecular weight is 294 g/mol. The van der Waals surface area contributed by atoms with Gasteiger partial charge in [-0.1, -0.05) is 13.8 Å². The number of carboxylic acids is 1. The van der Waals surface area contributed by atoms with Gasteiger partial charge in [-0.15, -0.1) is 0 Å². The highest BCUT2D eigenvalue weighted by molar-refractivity contribution is 5.68. The Balaban J connectivity index is 1.50. The minimum absolute atomic E-state index is 0.00833. The lowest BCUT2D eigenvalue weighted by Gasteiger charge is -2.53.